The highest BCUT2D eigenvalue weighted by Crippen LogP contribution is 2.28. The second-order valence-electron chi connectivity index (χ2n) is 3.84. The summed E-state index contributed by atoms with van der Waals surface area (Å²) in [7, 11) is -4.06. The number of aromatic hydroxyl groups is 1. The zero-order valence-corrected chi connectivity index (χ0v) is 10.9. The van der Waals surface area contributed by atoms with Crippen LogP contribution in [0.5, 0.6) is 5.75 Å². The number of hydrogen-bond donors (Lipinski definition) is 2. The molecule has 2 N–H and O–H groups in total. The Balaban J connectivity index is 2.39. The van der Waals surface area contributed by atoms with Crippen molar-refractivity contribution >= 4 is 21.5 Å². The van der Waals surface area contributed by atoms with Crippen LogP contribution >= 0.6 is 0 Å². The number of nitrogens with zero attached hydrogens (tertiary/aromatic N) is 2. The van der Waals surface area contributed by atoms with Crippen LogP contribution < -0.4 is 4.72 Å². The van der Waals surface area contributed by atoms with E-state index in [1.54, 1.807) is 6.92 Å². The molecule has 0 radical (unpaired) electrons. The lowest BCUT2D eigenvalue weighted by molar-refractivity contribution is -0.386. The van der Waals surface area contributed by atoms with Crippen molar-refractivity contribution in [2.75, 3.05) is 4.72 Å². The van der Waals surface area contributed by atoms with Crippen LogP contribution in [0.2, 0.25) is 0 Å². The average Bonchev–Trinajstić information content (AvgIpc) is 2.73. The van der Waals surface area contributed by atoms with E-state index in [0.717, 1.165) is 18.2 Å². The Hall–Kier alpha value is -2.62. The number of sulfonamides is 1. The molecule has 2 rings (SSSR count). The maximum Gasteiger partial charge on any atom is 0.312 e. The van der Waals surface area contributed by atoms with Crippen LogP contribution in [0, 0.1) is 17.0 Å². The summed E-state index contributed by atoms with van der Waals surface area (Å²) in [6.45, 7) is 1.58. The fourth-order valence-corrected chi connectivity index (χ4v) is 2.43. The first kappa shape index (κ1) is 13.8. The molecular formula is C10H9N3O6S. The number of phenolic OH excluding ortho intramolecular Hbond substituents is 1. The van der Waals surface area contributed by atoms with Gasteiger partial charge in [0.1, 0.15) is 5.76 Å². The largest absolute Gasteiger partial charge is 0.502 e. The lowest BCUT2D eigenvalue weighted by Gasteiger charge is -2.05. The number of nitrogens with one attached hydrogen (secondary N) is 1. The van der Waals surface area contributed by atoms with Crippen molar-refractivity contribution in [1.29, 1.82) is 0 Å². The number of phenols is 1. The molecule has 0 unspecified atom stereocenters. The number of aromatic nitrogens is 1. The van der Waals surface area contributed by atoms with Crippen LogP contribution in [0.15, 0.2) is 33.7 Å². The summed E-state index contributed by atoms with van der Waals surface area (Å²) in [5.74, 6) is -0.260. The molecule has 0 atom stereocenters. The number of anilines is 1. The molecule has 0 spiro atoms. The summed E-state index contributed by atoms with van der Waals surface area (Å²) in [6.07, 6.45) is 0. The quantitative estimate of drug-likeness (QED) is 0.643. The number of aryl methyl sites for hydroxylation is 1. The molecule has 0 amide bonds. The van der Waals surface area contributed by atoms with Gasteiger partial charge in [-0.15, -0.1) is 0 Å². The highest BCUT2D eigenvalue weighted by molar-refractivity contribution is 7.92. The van der Waals surface area contributed by atoms with Crippen LogP contribution in [0.1, 0.15) is 5.76 Å². The Morgan fingerprint density at radius 2 is 2.10 bits per heavy atom. The molecule has 106 valence electrons. The second kappa shape index (κ2) is 4.81. The van der Waals surface area contributed by atoms with E-state index in [0.29, 0.717) is 5.76 Å². The Labute approximate surface area is 113 Å². The molecule has 0 aliphatic rings. The fourth-order valence-electron chi connectivity index (χ4n) is 1.43. The highest BCUT2D eigenvalue weighted by Gasteiger charge is 2.22. The normalized spacial score (nSPS) is 11.2. The molecule has 1 aromatic carbocycles. The van der Waals surface area contributed by atoms with Crippen LogP contribution in [-0.4, -0.2) is 23.6 Å². The molecule has 0 fully saturated rings. The molecule has 0 aliphatic heterocycles. The number of rotatable bonds is 4. The first-order chi connectivity index (χ1) is 9.29. The minimum absolute atomic E-state index is 0.0433. The second-order valence-corrected chi connectivity index (χ2v) is 5.52. The third-order valence-electron chi connectivity index (χ3n) is 2.32. The maximum atomic E-state index is 12.0. The van der Waals surface area contributed by atoms with E-state index in [1.165, 1.54) is 6.07 Å². The monoisotopic (exact) mass is 299 g/mol. The maximum absolute atomic E-state index is 12.0. The molecule has 0 saturated carbocycles. The zero-order chi connectivity index (χ0) is 14.9. The fraction of sp³-hybridized carbons (Fsp3) is 0.100. The molecule has 1 aromatic heterocycles. The Kier molecular flexibility index (Phi) is 3.32. The van der Waals surface area contributed by atoms with Gasteiger partial charge in [-0.2, -0.15) is 0 Å². The van der Waals surface area contributed by atoms with Crippen molar-refractivity contribution in [3.8, 4) is 5.75 Å². The van der Waals surface area contributed by atoms with E-state index in [-0.39, 0.29) is 10.7 Å². The van der Waals surface area contributed by atoms with Gasteiger partial charge in [-0.3, -0.25) is 14.8 Å². The molecule has 0 bridgehead atoms. The lowest BCUT2D eigenvalue weighted by atomic mass is 10.3. The first-order valence-corrected chi connectivity index (χ1v) is 6.71. The Morgan fingerprint density at radius 3 is 2.65 bits per heavy atom. The smallest absolute Gasteiger partial charge is 0.312 e. The summed E-state index contributed by atoms with van der Waals surface area (Å²) in [5, 5.41) is 23.4. The molecule has 0 aliphatic carbocycles. The average molecular weight is 299 g/mol. The van der Waals surface area contributed by atoms with Gasteiger partial charge in [0.15, 0.2) is 11.6 Å². The topological polar surface area (TPSA) is 136 Å². The minimum Gasteiger partial charge on any atom is -0.502 e. The summed E-state index contributed by atoms with van der Waals surface area (Å²) in [5.41, 5.74) is -0.704. The molecule has 0 saturated heterocycles. The van der Waals surface area contributed by atoms with Crippen molar-refractivity contribution in [2.45, 2.75) is 11.8 Å². The van der Waals surface area contributed by atoms with Gasteiger partial charge in [-0.05, 0) is 19.1 Å². The van der Waals surface area contributed by atoms with E-state index < -0.39 is 26.4 Å². The highest BCUT2D eigenvalue weighted by atomic mass is 32.2. The van der Waals surface area contributed by atoms with Crippen molar-refractivity contribution in [2.24, 2.45) is 0 Å². The van der Waals surface area contributed by atoms with Gasteiger partial charge in [0.25, 0.3) is 10.0 Å². The minimum atomic E-state index is -4.06. The summed E-state index contributed by atoms with van der Waals surface area (Å²) in [6, 6.07) is 4.08. The van der Waals surface area contributed by atoms with Gasteiger partial charge in [0.2, 0.25) is 0 Å². The standard InChI is InChI=1S/C10H9N3O6S/c1-6-4-10(11-19-6)12-20(17,18)7-2-3-9(14)8(5-7)13(15)16/h2-5,14H,1H3,(H,11,12). The van der Waals surface area contributed by atoms with Gasteiger partial charge in [-0.1, -0.05) is 5.16 Å². The van der Waals surface area contributed by atoms with E-state index >= 15 is 0 Å². The van der Waals surface area contributed by atoms with E-state index in [9.17, 15) is 23.6 Å². The van der Waals surface area contributed by atoms with Crippen LogP contribution in [0.25, 0.3) is 0 Å². The number of benzene rings is 1. The van der Waals surface area contributed by atoms with Crippen molar-refractivity contribution in [3.63, 3.8) is 0 Å². The first-order valence-electron chi connectivity index (χ1n) is 5.23. The van der Waals surface area contributed by atoms with Crippen LogP contribution in [0.4, 0.5) is 11.5 Å². The van der Waals surface area contributed by atoms with E-state index in [2.05, 4.69) is 9.88 Å². The lowest BCUT2D eigenvalue weighted by Crippen LogP contribution is -2.13. The molecule has 2 aromatic rings. The van der Waals surface area contributed by atoms with Gasteiger partial charge < -0.3 is 9.63 Å². The van der Waals surface area contributed by atoms with Gasteiger partial charge in [0, 0.05) is 12.1 Å². The Bertz CT molecular complexity index is 767. The number of nitro groups is 1. The summed E-state index contributed by atoms with van der Waals surface area (Å²) < 4.78 is 30.8. The van der Waals surface area contributed by atoms with Crippen molar-refractivity contribution in [3.05, 3.63) is 40.1 Å². The molecule has 9 nitrogen and oxygen atoms in total. The predicted octanol–water partition coefficient (Wildman–Crippen LogP) is 1.40. The Morgan fingerprint density at radius 1 is 1.40 bits per heavy atom. The molecule has 10 heteroatoms. The van der Waals surface area contributed by atoms with E-state index in [4.69, 9.17) is 4.52 Å². The number of hydrogen-bond acceptors (Lipinski definition) is 7. The van der Waals surface area contributed by atoms with Gasteiger partial charge in [0.05, 0.1) is 9.82 Å². The zero-order valence-electron chi connectivity index (χ0n) is 10.1. The molecule has 1 heterocycles. The number of nitro benzene ring substituents is 1. The van der Waals surface area contributed by atoms with Crippen molar-refractivity contribution < 1.29 is 23.0 Å². The molecular weight excluding hydrogens is 290 g/mol. The van der Waals surface area contributed by atoms with Crippen molar-refractivity contribution in [1.82, 2.24) is 5.16 Å². The third kappa shape index (κ3) is 2.69. The van der Waals surface area contributed by atoms with Crippen LogP contribution in [-0.2, 0) is 10.0 Å². The third-order valence-corrected chi connectivity index (χ3v) is 3.67. The molecule has 20 heavy (non-hydrogen) atoms. The summed E-state index contributed by atoms with van der Waals surface area (Å²) >= 11 is 0. The SMILES string of the molecule is Cc1cc(NS(=O)(=O)c2ccc(O)c([N+](=O)[O-])c2)no1. The predicted molar refractivity (Wildman–Crippen MR) is 66.8 cm³/mol. The van der Waals surface area contributed by atoms with E-state index in [1.807, 2.05) is 0 Å². The van der Waals surface area contributed by atoms with Gasteiger partial charge >= 0.3 is 5.69 Å². The van der Waals surface area contributed by atoms with Crippen LogP contribution in [0.3, 0.4) is 0 Å². The van der Waals surface area contributed by atoms with Gasteiger partial charge in [-0.25, -0.2) is 8.42 Å². The summed E-state index contributed by atoms with van der Waals surface area (Å²) in [4.78, 5) is 9.41.